The molecule has 0 unspecified atom stereocenters. The second-order valence-electron chi connectivity index (χ2n) is 8.02. The second kappa shape index (κ2) is 16.4. The smallest absolute Gasteiger partial charge is 0.332 e. The summed E-state index contributed by atoms with van der Waals surface area (Å²) >= 11 is 0. The molecule has 8 heteroatoms. The molecule has 0 saturated carbocycles. The molecule has 0 spiro atoms. The summed E-state index contributed by atoms with van der Waals surface area (Å²) in [6.07, 6.45) is 3.41. The second-order valence-corrected chi connectivity index (χ2v) is 8.02. The van der Waals surface area contributed by atoms with Crippen LogP contribution in [0.25, 0.3) is 0 Å². The van der Waals surface area contributed by atoms with E-state index in [-0.39, 0.29) is 31.8 Å². The topological polar surface area (TPSA) is 108 Å². The number of rotatable bonds is 12. The molecule has 8 nitrogen and oxygen atoms in total. The third-order valence-electron chi connectivity index (χ3n) is 2.59. The van der Waals surface area contributed by atoms with E-state index in [1.165, 1.54) is 0 Å². The molecule has 0 aromatic rings. The number of aliphatic hydroxyl groups is 1. The van der Waals surface area contributed by atoms with E-state index in [1.807, 2.05) is 20.8 Å². The van der Waals surface area contributed by atoms with Gasteiger partial charge in [0.05, 0.1) is 0 Å². The predicted octanol–water partition coefficient (Wildman–Crippen LogP) is 2.44. The number of aliphatic hydroxyl groups excluding tert-OH is 1. The van der Waals surface area contributed by atoms with Gasteiger partial charge in [0.25, 0.3) is 0 Å². The molecule has 0 aliphatic heterocycles. The fraction of sp³-hybridized carbons (Fsp3) is 0.850. The van der Waals surface area contributed by atoms with E-state index in [1.54, 1.807) is 20.8 Å². The van der Waals surface area contributed by atoms with Gasteiger partial charge in [0.15, 0.2) is 0 Å². The van der Waals surface area contributed by atoms with Crippen molar-refractivity contribution in [1.29, 1.82) is 0 Å². The van der Waals surface area contributed by atoms with Crippen molar-refractivity contribution in [3.8, 4) is 0 Å². The summed E-state index contributed by atoms with van der Waals surface area (Å²) in [6, 6.07) is 0. The molecule has 0 aromatic carbocycles. The van der Waals surface area contributed by atoms with Crippen LogP contribution < -0.4 is 0 Å². The Morgan fingerprint density at radius 1 is 0.786 bits per heavy atom. The molecule has 166 valence electrons. The van der Waals surface area contributed by atoms with E-state index in [4.69, 9.17) is 24.1 Å². The maximum absolute atomic E-state index is 11.1. The lowest BCUT2D eigenvalue weighted by atomic mass is 10.2. The van der Waals surface area contributed by atoms with Gasteiger partial charge in [-0.15, -0.1) is 0 Å². The van der Waals surface area contributed by atoms with Gasteiger partial charge >= 0.3 is 11.9 Å². The van der Waals surface area contributed by atoms with Crippen LogP contribution in [0.2, 0.25) is 0 Å². The van der Waals surface area contributed by atoms with Gasteiger partial charge in [0.2, 0.25) is 0 Å². The summed E-state index contributed by atoms with van der Waals surface area (Å²) in [7, 11) is 0. The zero-order chi connectivity index (χ0) is 22.1. The third-order valence-corrected chi connectivity index (χ3v) is 2.59. The van der Waals surface area contributed by atoms with Crippen molar-refractivity contribution < 1.29 is 38.4 Å². The van der Waals surface area contributed by atoms with Crippen molar-refractivity contribution in [3.05, 3.63) is 0 Å². The van der Waals surface area contributed by atoms with Gasteiger partial charge < -0.3 is 28.8 Å². The Balaban J connectivity index is 0. The molecule has 0 aliphatic rings. The largest absolute Gasteiger partial charge is 0.458 e. The minimum absolute atomic E-state index is 0.0112. The SMILES string of the molecule is CC(C)(C)OC(=O)COCCCC=O.CC(C)(C)OC(=O)COCCCCO. The van der Waals surface area contributed by atoms with Gasteiger partial charge in [-0.25, -0.2) is 9.59 Å². The summed E-state index contributed by atoms with van der Waals surface area (Å²) in [5.41, 5.74) is -0.922. The minimum atomic E-state index is -0.469. The van der Waals surface area contributed by atoms with Crippen LogP contribution in [0.5, 0.6) is 0 Å². The van der Waals surface area contributed by atoms with Gasteiger partial charge in [-0.1, -0.05) is 0 Å². The van der Waals surface area contributed by atoms with Crippen LogP contribution in [-0.4, -0.2) is 67.6 Å². The molecule has 0 bridgehead atoms. The molecule has 0 aliphatic carbocycles. The molecule has 28 heavy (non-hydrogen) atoms. The van der Waals surface area contributed by atoms with Gasteiger partial charge in [0.1, 0.15) is 30.7 Å². The number of carbonyl (C=O) groups excluding carboxylic acids is 3. The van der Waals surface area contributed by atoms with Crippen molar-refractivity contribution in [2.75, 3.05) is 33.0 Å². The van der Waals surface area contributed by atoms with Crippen LogP contribution in [-0.2, 0) is 33.3 Å². The molecule has 0 amide bonds. The minimum Gasteiger partial charge on any atom is -0.458 e. The molecule has 0 radical (unpaired) electrons. The van der Waals surface area contributed by atoms with Gasteiger partial charge in [-0.2, -0.15) is 0 Å². The highest BCUT2D eigenvalue weighted by Crippen LogP contribution is 2.07. The van der Waals surface area contributed by atoms with E-state index >= 15 is 0 Å². The van der Waals surface area contributed by atoms with Crippen LogP contribution in [0, 0.1) is 0 Å². The zero-order valence-corrected chi connectivity index (χ0v) is 18.2. The molecular weight excluding hydrogens is 368 g/mol. The number of hydrogen-bond acceptors (Lipinski definition) is 8. The lowest BCUT2D eigenvalue weighted by molar-refractivity contribution is -0.161. The first-order valence-corrected chi connectivity index (χ1v) is 9.55. The normalized spacial score (nSPS) is 11.2. The van der Waals surface area contributed by atoms with Crippen molar-refractivity contribution in [3.63, 3.8) is 0 Å². The number of aldehydes is 1. The van der Waals surface area contributed by atoms with Crippen LogP contribution in [0.3, 0.4) is 0 Å². The highest BCUT2D eigenvalue weighted by Gasteiger charge is 2.16. The Morgan fingerprint density at radius 2 is 1.21 bits per heavy atom. The highest BCUT2D eigenvalue weighted by molar-refractivity contribution is 5.71. The highest BCUT2D eigenvalue weighted by atomic mass is 16.6. The Morgan fingerprint density at radius 3 is 1.57 bits per heavy atom. The Labute approximate surface area is 168 Å². The first-order chi connectivity index (χ1) is 12.9. The average Bonchev–Trinajstić information content (AvgIpc) is 2.52. The van der Waals surface area contributed by atoms with Crippen LogP contribution >= 0.6 is 0 Å². The van der Waals surface area contributed by atoms with E-state index in [2.05, 4.69) is 0 Å². The maximum Gasteiger partial charge on any atom is 0.332 e. The summed E-state index contributed by atoms with van der Waals surface area (Å²) in [5, 5.41) is 8.48. The summed E-state index contributed by atoms with van der Waals surface area (Å²) < 4.78 is 20.1. The van der Waals surface area contributed by atoms with Crippen molar-refractivity contribution in [1.82, 2.24) is 0 Å². The van der Waals surface area contributed by atoms with Gasteiger partial charge in [-0.3, -0.25) is 0 Å². The van der Waals surface area contributed by atoms with E-state index < -0.39 is 11.2 Å². The summed E-state index contributed by atoms with van der Waals surface area (Å²) in [4.78, 5) is 32.1. The molecule has 0 atom stereocenters. The molecule has 0 saturated heterocycles. The van der Waals surface area contributed by atoms with Crippen LogP contribution in [0.15, 0.2) is 0 Å². The Hall–Kier alpha value is -1.51. The number of hydrogen-bond donors (Lipinski definition) is 1. The standard InChI is InChI=1S/C10H20O4.C10H18O4/c2*1-10(2,3)14-9(12)8-13-7-5-4-6-11/h11H,4-8H2,1-3H3;6H,4-5,7-8H2,1-3H3. The van der Waals surface area contributed by atoms with Crippen molar-refractivity contribution >= 4 is 18.2 Å². The lowest BCUT2D eigenvalue weighted by Crippen LogP contribution is -2.26. The van der Waals surface area contributed by atoms with E-state index in [0.717, 1.165) is 12.7 Å². The number of esters is 2. The van der Waals surface area contributed by atoms with Gasteiger partial charge in [-0.05, 0) is 60.8 Å². The predicted molar refractivity (Wildman–Crippen MR) is 105 cm³/mol. The maximum atomic E-state index is 11.1. The molecule has 0 fully saturated rings. The number of ether oxygens (including phenoxy) is 4. The summed E-state index contributed by atoms with van der Waals surface area (Å²) in [6.45, 7) is 11.9. The van der Waals surface area contributed by atoms with Crippen LogP contribution in [0.1, 0.15) is 67.2 Å². The molecule has 1 N–H and O–H groups in total. The van der Waals surface area contributed by atoms with Crippen molar-refractivity contribution in [2.45, 2.75) is 78.4 Å². The molecule has 0 heterocycles. The Kier molecular flexibility index (Phi) is 16.9. The first kappa shape index (κ1) is 28.7. The lowest BCUT2D eigenvalue weighted by Gasteiger charge is -2.19. The van der Waals surface area contributed by atoms with E-state index in [0.29, 0.717) is 32.5 Å². The quantitative estimate of drug-likeness (QED) is 0.299. The molecule has 0 aromatic heterocycles. The fourth-order valence-electron chi connectivity index (χ4n) is 1.64. The van der Waals surface area contributed by atoms with Crippen molar-refractivity contribution in [2.24, 2.45) is 0 Å². The fourth-order valence-corrected chi connectivity index (χ4v) is 1.64. The van der Waals surface area contributed by atoms with E-state index in [9.17, 15) is 14.4 Å². The average molecular weight is 407 g/mol. The summed E-state index contributed by atoms with van der Waals surface area (Å²) in [5.74, 6) is -0.717. The Bertz CT molecular complexity index is 421. The monoisotopic (exact) mass is 406 g/mol. The van der Waals surface area contributed by atoms with Crippen LogP contribution in [0.4, 0.5) is 0 Å². The molecule has 0 rings (SSSR count). The molecular formula is C20H38O8. The third kappa shape index (κ3) is 26.7. The number of carbonyl (C=O) groups is 3. The zero-order valence-electron chi connectivity index (χ0n) is 18.2. The first-order valence-electron chi connectivity index (χ1n) is 9.55. The van der Waals surface area contributed by atoms with Gasteiger partial charge in [0, 0.05) is 26.2 Å². The number of unbranched alkanes of at least 4 members (excludes halogenated alkanes) is 2.